The zero-order valence-electron chi connectivity index (χ0n) is 17.0. The second-order valence-corrected chi connectivity index (χ2v) is 8.01. The Morgan fingerprint density at radius 1 is 1.23 bits per heavy atom. The molecule has 0 bridgehead atoms. The molecule has 1 saturated heterocycles. The Kier molecular flexibility index (Phi) is 5.52. The number of hydrogen-bond acceptors (Lipinski definition) is 3. The number of nitrogens with zero attached hydrogens (tertiary/aromatic N) is 2. The first kappa shape index (κ1) is 21.0. The van der Waals surface area contributed by atoms with E-state index in [0.717, 1.165) is 17.7 Å². The monoisotopic (exact) mass is 430 g/mol. The van der Waals surface area contributed by atoms with E-state index < -0.39 is 37.3 Å². The van der Waals surface area contributed by atoms with Crippen LogP contribution in [0.1, 0.15) is 29.7 Å². The molecule has 0 atom stereocenters. The Morgan fingerprint density at radius 2 is 1.97 bits per heavy atom. The van der Waals surface area contributed by atoms with Gasteiger partial charge in [0.25, 0.3) is 17.4 Å². The van der Waals surface area contributed by atoms with Gasteiger partial charge in [0.15, 0.2) is 6.61 Å². The SMILES string of the molecule is Cc1cc(OCC(=O)N2CC(F)(F)C2)cc(=O)n1Cc1ccc(C#CC2CC2)c(F)c1. The summed E-state index contributed by atoms with van der Waals surface area (Å²) >= 11 is 0. The molecule has 0 N–H and O–H groups in total. The van der Waals surface area contributed by atoms with Crippen molar-refractivity contribution in [1.82, 2.24) is 9.47 Å². The lowest BCUT2D eigenvalue weighted by atomic mass is 10.1. The van der Waals surface area contributed by atoms with Crippen molar-refractivity contribution < 1.29 is 22.7 Å². The summed E-state index contributed by atoms with van der Waals surface area (Å²) in [5.41, 5.74) is 1.13. The third-order valence-corrected chi connectivity index (χ3v) is 5.23. The summed E-state index contributed by atoms with van der Waals surface area (Å²) in [6, 6.07) is 7.51. The molecule has 8 heteroatoms. The summed E-state index contributed by atoms with van der Waals surface area (Å²) in [7, 11) is 0. The van der Waals surface area contributed by atoms with Crippen molar-refractivity contribution in [2.24, 2.45) is 5.92 Å². The van der Waals surface area contributed by atoms with E-state index in [1.165, 1.54) is 16.7 Å². The third-order valence-electron chi connectivity index (χ3n) is 5.23. The number of hydrogen-bond donors (Lipinski definition) is 0. The minimum absolute atomic E-state index is 0.167. The number of carbonyl (C=O) groups excluding carboxylic acids is 1. The van der Waals surface area contributed by atoms with Gasteiger partial charge >= 0.3 is 0 Å². The number of ether oxygens (including phenoxy) is 1. The Hall–Kier alpha value is -3.21. The second kappa shape index (κ2) is 8.14. The van der Waals surface area contributed by atoms with E-state index in [1.807, 2.05) is 0 Å². The van der Waals surface area contributed by atoms with Gasteiger partial charge in [-0.25, -0.2) is 13.2 Å². The summed E-state index contributed by atoms with van der Waals surface area (Å²) in [6.07, 6.45) is 2.13. The van der Waals surface area contributed by atoms with Crippen LogP contribution in [-0.4, -0.2) is 41.0 Å². The minimum atomic E-state index is -2.84. The molecule has 4 rings (SSSR count). The molecule has 1 aliphatic carbocycles. The van der Waals surface area contributed by atoms with Gasteiger partial charge in [0.1, 0.15) is 11.6 Å². The van der Waals surface area contributed by atoms with Crippen LogP contribution < -0.4 is 10.3 Å². The van der Waals surface area contributed by atoms with E-state index in [-0.39, 0.29) is 17.9 Å². The van der Waals surface area contributed by atoms with Crippen LogP contribution in [0.25, 0.3) is 0 Å². The van der Waals surface area contributed by atoms with E-state index in [9.17, 15) is 22.8 Å². The number of carbonyl (C=O) groups is 1. The molecule has 1 aromatic carbocycles. The maximum Gasteiger partial charge on any atom is 0.282 e. The standard InChI is InChI=1S/C23H21F3N2O3/c1-15-8-19(31-12-22(30)27-13-23(25,26)14-27)10-21(29)28(15)11-17-5-7-18(20(24)9-17)6-4-16-2-3-16/h5,7-10,16H,2-3,11-14H2,1H3. The summed E-state index contributed by atoms with van der Waals surface area (Å²) in [5.74, 6) is 2.61. The predicted molar refractivity (Wildman–Crippen MR) is 108 cm³/mol. The largest absolute Gasteiger partial charge is 0.484 e. The highest BCUT2D eigenvalue weighted by atomic mass is 19.3. The molecule has 2 aliphatic rings. The quantitative estimate of drug-likeness (QED) is 0.686. The second-order valence-electron chi connectivity index (χ2n) is 8.01. The molecule has 0 spiro atoms. The molecular formula is C23H21F3N2O3. The Labute approximate surface area is 177 Å². The fourth-order valence-electron chi connectivity index (χ4n) is 3.26. The van der Waals surface area contributed by atoms with E-state index in [2.05, 4.69) is 11.8 Å². The average Bonchev–Trinajstić information content (AvgIpc) is 3.51. The smallest absolute Gasteiger partial charge is 0.282 e. The Morgan fingerprint density at radius 3 is 2.58 bits per heavy atom. The molecule has 0 radical (unpaired) electrons. The van der Waals surface area contributed by atoms with Gasteiger partial charge in [-0.1, -0.05) is 17.9 Å². The fourth-order valence-corrected chi connectivity index (χ4v) is 3.26. The Balaban J connectivity index is 1.40. The molecule has 2 aromatic rings. The van der Waals surface area contributed by atoms with Crippen LogP contribution in [0.5, 0.6) is 5.75 Å². The molecule has 1 saturated carbocycles. The molecule has 162 valence electrons. The molecule has 31 heavy (non-hydrogen) atoms. The van der Waals surface area contributed by atoms with Crippen molar-refractivity contribution in [1.29, 1.82) is 0 Å². The van der Waals surface area contributed by atoms with E-state index in [1.54, 1.807) is 25.1 Å². The normalized spacial score (nSPS) is 16.8. The van der Waals surface area contributed by atoms with Crippen molar-refractivity contribution in [3.63, 3.8) is 0 Å². The van der Waals surface area contributed by atoms with E-state index >= 15 is 0 Å². The van der Waals surface area contributed by atoms with Crippen molar-refractivity contribution in [3.05, 3.63) is 63.3 Å². The number of aromatic nitrogens is 1. The molecular weight excluding hydrogens is 409 g/mol. The molecule has 1 aliphatic heterocycles. The first-order chi connectivity index (χ1) is 14.7. The van der Waals surface area contributed by atoms with Crippen molar-refractivity contribution in [2.45, 2.75) is 32.2 Å². The minimum Gasteiger partial charge on any atom is -0.484 e. The number of benzene rings is 1. The van der Waals surface area contributed by atoms with Gasteiger partial charge in [-0.2, -0.15) is 0 Å². The molecule has 1 aromatic heterocycles. The number of rotatable bonds is 5. The summed E-state index contributed by atoms with van der Waals surface area (Å²) < 4.78 is 46.8. The van der Waals surface area contributed by atoms with Gasteiger partial charge in [-0.05, 0) is 43.5 Å². The van der Waals surface area contributed by atoms with E-state index in [4.69, 9.17) is 4.74 Å². The Bertz CT molecular complexity index is 1130. The average molecular weight is 430 g/mol. The number of alkyl halides is 2. The highest BCUT2D eigenvalue weighted by Gasteiger charge is 2.46. The van der Waals surface area contributed by atoms with Crippen LogP contribution in [0.4, 0.5) is 13.2 Å². The zero-order valence-corrected chi connectivity index (χ0v) is 17.0. The van der Waals surface area contributed by atoms with Crippen molar-refractivity contribution >= 4 is 5.91 Å². The van der Waals surface area contributed by atoms with Crippen LogP contribution in [0, 0.1) is 30.5 Å². The lowest BCUT2D eigenvalue weighted by Crippen LogP contribution is -2.59. The number of halogens is 3. The number of pyridine rings is 1. The predicted octanol–water partition coefficient (Wildman–Crippen LogP) is 2.96. The van der Waals surface area contributed by atoms with Gasteiger partial charge in [-0.15, -0.1) is 0 Å². The third kappa shape index (κ3) is 5.10. The van der Waals surface area contributed by atoms with Crippen LogP contribution in [-0.2, 0) is 11.3 Å². The number of aryl methyl sites for hydroxylation is 1. The van der Waals surface area contributed by atoms with Gasteiger partial charge in [0, 0.05) is 17.7 Å². The topological polar surface area (TPSA) is 51.5 Å². The lowest BCUT2D eigenvalue weighted by Gasteiger charge is -2.38. The summed E-state index contributed by atoms with van der Waals surface area (Å²) in [5, 5.41) is 0. The summed E-state index contributed by atoms with van der Waals surface area (Å²) in [4.78, 5) is 25.4. The molecule has 2 heterocycles. The lowest BCUT2D eigenvalue weighted by molar-refractivity contribution is -0.167. The van der Waals surface area contributed by atoms with Crippen LogP contribution in [0.3, 0.4) is 0 Å². The maximum absolute atomic E-state index is 14.3. The fraction of sp³-hybridized carbons (Fsp3) is 0.391. The molecule has 2 fully saturated rings. The first-order valence-corrected chi connectivity index (χ1v) is 10.00. The van der Waals surface area contributed by atoms with Crippen molar-refractivity contribution in [3.8, 4) is 17.6 Å². The molecule has 5 nitrogen and oxygen atoms in total. The first-order valence-electron chi connectivity index (χ1n) is 10.00. The van der Waals surface area contributed by atoms with Gasteiger partial charge in [-0.3, -0.25) is 9.59 Å². The van der Waals surface area contributed by atoms with Crippen LogP contribution >= 0.6 is 0 Å². The van der Waals surface area contributed by atoms with E-state index in [0.29, 0.717) is 22.7 Å². The van der Waals surface area contributed by atoms with Gasteiger partial charge in [0.05, 0.1) is 25.2 Å². The maximum atomic E-state index is 14.3. The highest BCUT2D eigenvalue weighted by molar-refractivity contribution is 5.78. The zero-order chi connectivity index (χ0) is 22.2. The molecule has 1 amide bonds. The number of likely N-dealkylation sites (tertiary alicyclic amines) is 1. The van der Waals surface area contributed by atoms with Gasteiger partial charge in [0.2, 0.25) is 0 Å². The summed E-state index contributed by atoms with van der Waals surface area (Å²) in [6.45, 7) is 0.208. The van der Waals surface area contributed by atoms with Crippen LogP contribution in [0.2, 0.25) is 0 Å². The number of amides is 1. The van der Waals surface area contributed by atoms with Crippen LogP contribution in [0.15, 0.2) is 35.1 Å². The van der Waals surface area contributed by atoms with Crippen molar-refractivity contribution in [2.75, 3.05) is 19.7 Å². The molecule has 0 unspecified atom stereocenters. The highest BCUT2D eigenvalue weighted by Crippen LogP contribution is 2.28. The van der Waals surface area contributed by atoms with Gasteiger partial charge < -0.3 is 14.2 Å².